The van der Waals surface area contributed by atoms with E-state index in [1.807, 2.05) is 26.0 Å². The van der Waals surface area contributed by atoms with Gasteiger partial charge < -0.3 is 0 Å². The fraction of sp³-hybridized carbons (Fsp3) is 0.571. The van der Waals surface area contributed by atoms with Crippen LogP contribution in [0.1, 0.15) is 20.3 Å². The lowest BCUT2D eigenvalue weighted by Crippen LogP contribution is -2.01. The van der Waals surface area contributed by atoms with Crippen molar-refractivity contribution in [2.45, 2.75) is 20.3 Å². The average Bonchev–Trinajstić information content (AvgIpc) is 1.82. The lowest BCUT2D eigenvalue weighted by molar-refractivity contribution is -0.113. The molecule has 0 aromatic rings. The fourth-order valence-corrected chi connectivity index (χ4v) is 0.533. The molecule has 0 aromatic carbocycles. The summed E-state index contributed by atoms with van der Waals surface area (Å²) in [7, 11) is 0. The van der Waals surface area contributed by atoms with Gasteiger partial charge in [0, 0.05) is 5.92 Å². The number of hydrogen-bond acceptors (Lipinski definition) is 1. The summed E-state index contributed by atoms with van der Waals surface area (Å²) in [5, 5.41) is -0.145. The third kappa shape index (κ3) is 4.15. The molecule has 0 saturated carbocycles. The van der Waals surface area contributed by atoms with Gasteiger partial charge in [0.1, 0.15) is 0 Å². The first-order valence-corrected chi connectivity index (χ1v) is 3.41. The number of rotatable bonds is 3. The quantitative estimate of drug-likeness (QED) is 0.554. The van der Waals surface area contributed by atoms with E-state index in [9.17, 15) is 4.79 Å². The highest BCUT2D eigenvalue weighted by atomic mass is 32.1. The van der Waals surface area contributed by atoms with Crippen molar-refractivity contribution in [2.24, 2.45) is 5.92 Å². The second-order valence-electron chi connectivity index (χ2n) is 2.02. The minimum Gasteiger partial charge on any atom is -0.282 e. The molecular formula is C7H11OS. The van der Waals surface area contributed by atoms with E-state index in [4.69, 9.17) is 0 Å². The average molecular weight is 143 g/mol. The molecule has 1 nitrogen and oxygen atoms in total. The molecule has 0 aromatic heterocycles. The van der Waals surface area contributed by atoms with Crippen LogP contribution < -0.4 is 0 Å². The Labute approximate surface area is 61.6 Å². The summed E-state index contributed by atoms with van der Waals surface area (Å²) >= 11 is 4.44. The van der Waals surface area contributed by atoms with Crippen LogP contribution >= 0.6 is 12.6 Å². The van der Waals surface area contributed by atoms with E-state index in [2.05, 4.69) is 12.6 Å². The molecule has 51 valence electrons. The maximum Gasteiger partial charge on any atom is 0.221 e. The van der Waals surface area contributed by atoms with Gasteiger partial charge in [0.05, 0.1) is 0 Å². The number of carbonyl (C=O) groups is 1. The molecule has 1 unspecified atom stereocenters. The Kier molecular flexibility index (Phi) is 4.32. The summed E-state index contributed by atoms with van der Waals surface area (Å²) in [5.74, 6) is 0.0104. The Morgan fingerprint density at radius 2 is 2.33 bits per heavy atom. The van der Waals surface area contributed by atoms with Gasteiger partial charge in [-0.25, -0.2) is 0 Å². The predicted molar refractivity (Wildman–Crippen MR) is 41.2 cm³/mol. The van der Waals surface area contributed by atoms with Crippen LogP contribution in [0.5, 0.6) is 0 Å². The number of hydrogen-bond donors (Lipinski definition) is 0. The normalized spacial score (nSPS) is 14.0. The van der Waals surface area contributed by atoms with Crippen molar-refractivity contribution < 1.29 is 4.79 Å². The molecule has 0 heterocycles. The van der Waals surface area contributed by atoms with E-state index in [1.54, 1.807) is 0 Å². The molecule has 0 amide bonds. The SMILES string of the molecule is C/C=C/CC(C)C(=O)[S]. The van der Waals surface area contributed by atoms with Crippen LogP contribution in [0.2, 0.25) is 0 Å². The molecule has 0 rings (SSSR count). The van der Waals surface area contributed by atoms with E-state index in [0.29, 0.717) is 0 Å². The second kappa shape index (κ2) is 4.50. The van der Waals surface area contributed by atoms with Crippen LogP contribution in [0.25, 0.3) is 0 Å². The van der Waals surface area contributed by atoms with Gasteiger partial charge in [-0.3, -0.25) is 4.79 Å². The van der Waals surface area contributed by atoms with Gasteiger partial charge in [-0.15, -0.1) is 0 Å². The Morgan fingerprint density at radius 3 is 2.67 bits per heavy atom. The van der Waals surface area contributed by atoms with Crippen molar-refractivity contribution in [3.8, 4) is 0 Å². The molecule has 0 aliphatic heterocycles. The molecular weight excluding hydrogens is 132 g/mol. The van der Waals surface area contributed by atoms with Gasteiger partial charge in [-0.05, 0) is 26.0 Å². The van der Waals surface area contributed by atoms with Crippen molar-refractivity contribution in [2.75, 3.05) is 0 Å². The third-order valence-corrected chi connectivity index (χ3v) is 1.53. The monoisotopic (exact) mass is 143 g/mol. The molecule has 0 aliphatic carbocycles. The first-order valence-electron chi connectivity index (χ1n) is 3.00. The molecule has 1 radical (unpaired) electrons. The third-order valence-electron chi connectivity index (χ3n) is 1.13. The zero-order valence-corrected chi connectivity index (χ0v) is 6.57. The molecule has 0 fully saturated rings. The van der Waals surface area contributed by atoms with Crippen LogP contribution in [-0.2, 0) is 4.79 Å². The van der Waals surface area contributed by atoms with Gasteiger partial charge in [0.2, 0.25) is 5.12 Å². The maximum atomic E-state index is 10.4. The summed E-state index contributed by atoms with van der Waals surface area (Å²) in [5.41, 5.74) is 0. The van der Waals surface area contributed by atoms with Crippen molar-refractivity contribution in [1.29, 1.82) is 0 Å². The van der Waals surface area contributed by atoms with E-state index < -0.39 is 0 Å². The summed E-state index contributed by atoms with van der Waals surface area (Å²) < 4.78 is 0. The largest absolute Gasteiger partial charge is 0.282 e. The van der Waals surface area contributed by atoms with Crippen LogP contribution in [0.3, 0.4) is 0 Å². The highest BCUT2D eigenvalue weighted by molar-refractivity contribution is 7.96. The minimum atomic E-state index is -0.145. The molecule has 1 atom stereocenters. The van der Waals surface area contributed by atoms with Gasteiger partial charge in [0.25, 0.3) is 0 Å². The van der Waals surface area contributed by atoms with Gasteiger partial charge in [0.15, 0.2) is 0 Å². The van der Waals surface area contributed by atoms with Crippen LogP contribution in [-0.4, -0.2) is 5.12 Å². The van der Waals surface area contributed by atoms with E-state index >= 15 is 0 Å². The number of allylic oxidation sites excluding steroid dienone is 2. The van der Waals surface area contributed by atoms with Crippen LogP contribution in [0, 0.1) is 5.92 Å². The molecule has 0 saturated heterocycles. The molecule has 0 spiro atoms. The Hall–Kier alpha value is -0.370. The lowest BCUT2D eigenvalue weighted by Gasteiger charge is -1.98. The van der Waals surface area contributed by atoms with Crippen molar-refractivity contribution in [3.05, 3.63) is 12.2 Å². The standard InChI is InChI=1S/C7H11OS/c1-3-4-5-6(2)7(8)9/h3-4,6H,5H2,1-2H3/b4-3+. The maximum absolute atomic E-state index is 10.4. The molecule has 9 heavy (non-hydrogen) atoms. The van der Waals surface area contributed by atoms with Crippen LogP contribution in [0.4, 0.5) is 0 Å². The Balaban J connectivity index is 3.50. The first kappa shape index (κ1) is 8.63. The summed E-state index contributed by atoms with van der Waals surface area (Å²) in [6, 6.07) is 0. The molecule has 2 heteroatoms. The van der Waals surface area contributed by atoms with E-state index in [1.165, 1.54) is 0 Å². The number of carbonyl (C=O) groups excluding carboxylic acids is 1. The minimum absolute atomic E-state index is 0.0104. The van der Waals surface area contributed by atoms with Crippen molar-refractivity contribution in [3.63, 3.8) is 0 Å². The second-order valence-corrected chi connectivity index (χ2v) is 2.43. The first-order chi connectivity index (χ1) is 4.18. The van der Waals surface area contributed by atoms with Crippen molar-refractivity contribution >= 4 is 17.7 Å². The molecule has 0 bridgehead atoms. The summed E-state index contributed by atoms with van der Waals surface area (Å²) in [4.78, 5) is 10.4. The topological polar surface area (TPSA) is 17.1 Å². The Morgan fingerprint density at radius 1 is 1.78 bits per heavy atom. The highest BCUT2D eigenvalue weighted by Crippen LogP contribution is 2.05. The van der Waals surface area contributed by atoms with Crippen LogP contribution in [0.15, 0.2) is 12.2 Å². The Bertz CT molecular complexity index is 118. The van der Waals surface area contributed by atoms with Gasteiger partial charge in [-0.2, -0.15) is 0 Å². The summed E-state index contributed by atoms with van der Waals surface area (Å²) in [6.45, 7) is 3.77. The predicted octanol–water partition coefficient (Wildman–Crippen LogP) is 2.31. The smallest absolute Gasteiger partial charge is 0.221 e. The zero-order valence-electron chi connectivity index (χ0n) is 5.76. The van der Waals surface area contributed by atoms with Gasteiger partial charge >= 0.3 is 0 Å². The highest BCUT2D eigenvalue weighted by Gasteiger charge is 2.05. The molecule has 0 aliphatic rings. The van der Waals surface area contributed by atoms with E-state index in [-0.39, 0.29) is 11.0 Å². The van der Waals surface area contributed by atoms with Gasteiger partial charge in [-0.1, -0.05) is 19.1 Å². The van der Waals surface area contributed by atoms with E-state index in [0.717, 1.165) is 6.42 Å². The summed E-state index contributed by atoms with van der Waals surface area (Å²) in [6.07, 6.45) is 4.66. The van der Waals surface area contributed by atoms with Crippen molar-refractivity contribution in [1.82, 2.24) is 0 Å². The fourth-order valence-electron chi connectivity index (χ4n) is 0.436. The lowest BCUT2D eigenvalue weighted by atomic mass is 10.1. The zero-order chi connectivity index (χ0) is 7.28. The molecule has 0 N–H and O–H groups in total.